The lowest BCUT2D eigenvalue weighted by Gasteiger charge is -2.43. The minimum atomic E-state index is -0.554. The van der Waals surface area contributed by atoms with Gasteiger partial charge in [0.05, 0.1) is 35.6 Å². The zero-order chi connectivity index (χ0) is 30.7. The van der Waals surface area contributed by atoms with E-state index in [2.05, 4.69) is 141 Å². The van der Waals surface area contributed by atoms with Crippen molar-refractivity contribution in [3.8, 4) is 0 Å². The van der Waals surface area contributed by atoms with Gasteiger partial charge in [-0.15, -0.1) is 0 Å². The van der Waals surface area contributed by atoms with Crippen LogP contribution in [0.15, 0.2) is 115 Å². The number of hydrogen-bond acceptors (Lipinski definition) is 4. The first-order valence-corrected chi connectivity index (χ1v) is 16.6. The highest BCUT2D eigenvalue weighted by Crippen LogP contribution is 2.48. The van der Waals surface area contributed by atoms with Gasteiger partial charge in [-0.25, -0.2) is 0 Å². The normalized spacial score (nSPS) is 16.2. The lowest BCUT2D eigenvalue weighted by Crippen LogP contribution is -2.50. The summed E-state index contributed by atoms with van der Waals surface area (Å²) in [5, 5.41) is 0. The average Bonchev–Trinajstić information content (AvgIpc) is 3.06. The number of benzene rings is 4. The highest BCUT2D eigenvalue weighted by atomic mass is 32.2. The van der Waals surface area contributed by atoms with Crippen molar-refractivity contribution in [2.24, 2.45) is 0 Å². The summed E-state index contributed by atoms with van der Waals surface area (Å²) in [5.74, 6) is 0.337. The molecular formula is C38H38N2O2S2. The third kappa shape index (κ3) is 5.63. The number of amides is 1. The SMILES string of the molecule is CC1=CC(C)(C)N(C(=O)CSC(=S)N2CCOCC2)c2ccc(C(c3ccccc3)(c3ccccc3)c3ccccc3)cc21. The van der Waals surface area contributed by atoms with Crippen LogP contribution in [-0.4, -0.2) is 52.7 Å². The number of ether oxygens (including phenoxy) is 1. The zero-order valence-electron chi connectivity index (χ0n) is 25.5. The molecule has 2 heterocycles. The van der Waals surface area contributed by atoms with E-state index in [1.165, 1.54) is 28.5 Å². The van der Waals surface area contributed by atoms with Crippen LogP contribution < -0.4 is 4.90 Å². The van der Waals surface area contributed by atoms with Gasteiger partial charge in [-0.2, -0.15) is 0 Å². The molecule has 44 heavy (non-hydrogen) atoms. The van der Waals surface area contributed by atoms with Gasteiger partial charge in [0.2, 0.25) is 5.91 Å². The average molecular weight is 619 g/mol. The Balaban J connectivity index is 1.45. The van der Waals surface area contributed by atoms with E-state index in [9.17, 15) is 4.79 Å². The molecule has 0 bridgehead atoms. The number of rotatable bonds is 6. The van der Waals surface area contributed by atoms with Crippen molar-refractivity contribution in [2.75, 3.05) is 37.0 Å². The van der Waals surface area contributed by atoms with E-state index in [0.29, 0.717) is 13.2 Å². The molecule has 0 aliphatic carbocycles. The molecule has 0 atom stereocenters. The molecule has 0 aromatic heterocycles. The molecule has 4 nitrogen and oxygen atoms in total. The summed E-state index contributed by atoms with van der Waals surface area (Å²) in [6.07, 6.45) is 2.22. The van der Waals surface area contributed by atoms with E-state index in [4.69, 9.17) is 17.0 Å². The van der Waals surface area contributed by atoms with Crippen LogP contribution in [0.5, 0.6) is 0 Å². The van der Waals surface area contributed by atoms with Crippen molar-refractivity contribution in [3.05, 3.63) is 143 Å². The van der Waals surface area contributed by atoms with Gasteiger partial charge in [0.15, 0.2) is 0 Å². The fourth-order valence-corrected chi connectivity index (χ4v) is 7.91. The van der Waals surface area contributed by atoms with Crippen LogP contribution in [0.1, 0.15) is 48.6 Å². The van der Waals surface area contributed by atoms with Crippen LogP contribution in [0, 0.1) is 0 Å². The van der Waals surface area contributed by atoms with Crippen molar-refractivity contribution in [1.29, 1.82) is 0 Å². The van der Waals surface area contributed by atoms with Crippen LogP contribution in [0.3, 0.4) is 0 Å². The fourth-order valence-electron chi connectivity index (χ4n) is 6.81. The number of nitrogens with zero attached hydrogens (tertiary/aromatic N) is 2. The molecule has 0 spiro atoms. The van der Waals surface area contributed by atoms with Gasteiger partial charge in [-0.05, 0) is 60.7 Å². The van der Waals surface area contributed by atoms with Crippen molar-refractivity contribution in [1.82, 2.24) is 4.90 Å². The number of fused-ring (bicyclic) bond motifs is 1. The second kappa shape index (κ2) is 12.7. The lowest BCUT2D eigenvalue weighted by molar-refractivity contribution is -0.116. The summed E-state index contributed by atoms with van der Waals surface area (Å²) >= 11 is 7.15. The Bertz CT molecular complexity index is 1570. The third-order valence-electron chi connectivity index (χ3n) is 8.70. The maximum atomic E-state index is 14.0. The minimum Gasteiger partial charge on any atom is -0.378 e. The number of hydrogen-bond donors (Lipinski definition) is 0. The Morgan fingerprint density at radius 2 is 1.34 bits per heavy atom. The summed E-state index contributed by atoms with van der Waals surface area (Å²) in [6.45, 7) is 9.26. The maximum Gasteiger partial charge on any atom is 0.238 e. The Morgan fingerprint density at radius 1 is 0.818 bits per heavy atom. The van der Waals surface area contributed by atoms with Crippen LogP contribution >= 0.6 is 24.0 Å². The van der Waals surface area contributed by atoms with E-state index in [0.717, 1.165) is 39.8 Å². The van der Waals surface area contributed by atoms with Gasteiger partial charge < -0.3 is 14.5 Å². The van der Waals surface area contributed by atoms with Crippen LogP contribution in [0.2, 0.25) is 0 Å². The van der Waals surface area contributed by atoms with Crippen molar-refractivity contribution in [2.45, 2.75) is 31.7 Å². The third-order valence-corrected chi connectivity index (χ3v) is 10.2. The number of allylic oxidation sites excluding steroid dienone is 1. The van der Waals surface area contributed by atoms with Gasteiger partial charge in [0.1, 0.15) is 4.32 Å². The molecule has 224 valence electrons. The minimum absolute atomic E-state index is 0.0498. The van der Waals surface area contributed by atoms with E-state index < -0.39 is 11.0 Å². The van der Waals surface area contributed by atoms with Crippen molar-refractivity contribution < 1.29 is 9.53 Å². The molecule has 6 heteroatoms. The Kier molecular flexibility index (Phi) is 8.77. The van der Waals surface area contributed by atoms with Gasteiger partial charge in [0.25, 0.3) is 0 Å². The summed E-state index contributed by atoms with van der Waals surface area (Å²) in [6, 6.07) is 38.8. The monoisotopic (exact) mass is 618 g/mol. The van der Waals surface area contributed by atoms with Gasteiger partial charge in [0, 0.05) is 18.7 Å². The summed E-state index contributed by atoms with van der Waals surface area (Å²) in [5.41, 5.74) is 6.86. The van der Waals surface area contributed by atoms with Gasteiger partial charge >= 0.3 is 0 Å². The Morgan fingerprint density at radius 3 is 1.86 bits per heavy atom. The molecule has 1 saturated heterocycles. The topological polar surface area (TPSA) is 32.8 Å². The van der Waals surface area contributed by atoms with Gasteiger partial charge in [-0.1, -0.05) is 127 Å². The standard InChI is InChI=1S/C38H38N2O2S2/c1-28-26-37(2,3)40(35(41)27-44-36(43)39-21-23-42-24-22-39)34-20-19-32(25-33(28)34)38(29-13-7-4-8-14-29,30-15-9-5-10-16-30)31-17-11-6-12-18-31/h4-20,25-26H,21-24,27H2,1-3H3. The number of thioether (sulfide) groups is 1. The maximum absolute atomic E-state index is 14.0. The highest BCUT2D eigenvalue weighted by molar-refractivity contribution is 8.23. The number of morpholine rings is 1. The molecule has 2 aliphatic rings. The van der Waals surface area contributed by atoms with Gasteiger partial charge in [-0.3, -0.25) is 4.79 Å². The number of thiocarbonyl (C=S) groups is 1. The van der Waals surface area contributed by atoms with E-state index in [1.807, 2.05) is 4.90 Å². The molecule has 1 amide bonds. The zero-order valence-corrected chi connectivity index (χ0v) is 27.2. The van der Waals surface area contributed by atoms with Crippen LogP contribution in [0.25, 0.3) is 5.57 Å². The second-order valence-corrected chi connectivity index (χ2v) is 13.6. The smallest absolute Gasteiger partial charge is 0.238 e. The number of carbonyl (C=O) groups is 1. The van der Waals surface area contributed by atoms with Crippen LogP contribution in [-0.2, 0) is 14.9 Å². The first-order chi connectivity index (χ1) is 21.3. The molecule has 1 fully saturated rings. The van der Waals surface area contributed by atoms with E-state index >= 15 is 0 Å². The first kappa shape index (κ1) is 30.3. The molecule has 0 radical (unpaired) electrons. The quantitative estimate of drug-likeness (QED) is 0.162. The lowest BCUT2D eigenvalue weighted by atomic mass is 9.64. The van der Waals surface area contributed by atoms with E-state index in [1.54, 1.807) is 0 Å². The predicted octanol–water partition coefficient (Wildman–Crippen LogP) is 7.95. The fraction of sp³-hybridized carbons (Fsp3) is 0.263. The van der Waals surface area contributed by atoms with Crippen molar-refractivity contribution >= 4 is 45.5 Å². The molecule has 2 aliphatic heterocycles. The molecule has 0 unspecified atom stereocenters. The van der Waals surface area contributed by atoms with Crippen LogP contribution in [0.4, 0.5) is 5.69 Å². The second-order valence-electron chi connectivity index (χ2n) is 11.9. The summed E-state index contributed by atoms with van der Waals surface area (Å²) in [4.78, 5) is 18.1. The molecular weight excluding hydrogens is 581 g/mol. The largest absolute Gasteiger partial charge is 0.378 e. The molecule has 4 aromatic rings. The number of anilines is 1. The number of carbonyl (C=O) groups excluding carboxylic acids is 1. The molecule has 0 saturated carbocycles. The summed E-state index contributed by atoms with van der Waals surface area (Å²) < 4.78 is 6.23. The van der Waals surface area contributed by atoms with E-state index in [-0.39, 0.29) is 11.7 Å². The highest BCUT2D eigenvalue weighted by Gasteiger charge is 2.41. The molecule has 4 aromatic carbocycles. The first-order valence-electron chi connectivity index (χ1n) is 15.2. The Hall–Kier alpha value is -3.71. The summed E-state index contributed by atoms with van der Waals surface area (Å²) in [7, 11) is 0. The molecule has 0 N–H and O–H groups in total. The van der Waals surface area contributed by atoms with Crippen molar-refractivity contribution in [3.63, 3.8) is 0 Å². The predicted molar refractivity (Wildman–Crippen MR) is 187 cm³/mol. The molecule has 6 rings (SSSR count). The Labute approximate surface area is 270 Å².